The fourth-order valence-corrected chi connectivity index (χ4v) is 5.17. The van der Waals surface area contributed by atoms with E-state index in [1.54, 1.807) is 24.8 Å². The molecule has 0 bridgehead atoms. The lowest BCUT2D eigenvalue weighted by atomic mass is 9.82. The normalized spacial score (nSPS) is 17.5. The quantitative estimate of drug-likeness (QED) is 0.490. The summed E-state index contributed by atoms with van der Waals surface area (Å²) in [4.78, 5) is 22.6. The van der Waals surface area contributed by atoms with Gasteiger partial charge in [0.1, 0.15) is 36.2 Å². The molecule has 3 aromatic rings. The van der Waals surface area contributed by atoms with Crippen LogP contribution in [0.2, 0.25) is 0 Å². The number of hydrogen-bond acceptors (Lipinski definition) is 7. The number of benzene rings is 2. The molecule has 1 amide bonds. The molecule has 2 N–H and O–H groups in total. The average molecular weight is 531 g/mol. The number of nitrogens with zero attached hydrogens (tertiary/aromatic N) is 3. The Labute approximate surface area is 217 Å². The van der Waals surface area contributed by atoms with Gasteiger partial charge in [0, 0.05) is 36.5 Å². The predicted molar refractivity (Wildman–Crippen MR) is 134 cm³/mol. The molecule has 2 aliphatic rings. The Bertz CT molecular complexity index is 1390. The standard InChI is InChI=1S/C27H29F3N4O4/c1-14(17-5-4-6-18(21(17)28)25(29)30)31-26-19-13-20(27(36)7-9-34(10-8-27)16(3)35)23-24(38-12-11-37-23)22(19)32-15(2)33-26/h4-6,13-14,25,36H,7-12H2,1-3H3,(H,31,32,33)/t14-/m1/s1. The van der Waals surface area contributed by atoms with Crippen molar-refractivity contribution in [2.75, 3.05) is 31.6 Å². The van der Waals surface area contributed by atoms with Crippen molar-refractivity contribution in [1.82, 2.24) is 14.9 Å². The summed E-state index contributed by atoms with van der Waals surface area (Å²) >= 11 is 0. The van der Waals surface area contributed by atoms with Crippen molar-refractivity contribution in [2.45, 2.75) is 51.7 Å². The number of anilines is 1. The average Bonchev–Trinajstić information content (AvgIpc) is 2.88. The van der Waals surface area contributed by atoms with Crippen LogP contribution in [0, 0.1) is 12.7 Å². The first-order valence-corrected chi connectivity index (χ1v) is 12.5. The first-order valence-electron chi connectivity index (χ1n) is 12.5. The second-order valence-electron chi connectivity index (χ2n) is 9.75. The van der Waals surface area contributed by atoms with Gasteiger partial charge in [0.15, 0.2) is 11.5 Å². The third-order valence-electron chi connectivity index (χ3n) is 7.24. The molecule has 2 aromatic carbocycles. The minimum atomic E-state index is -2.94. The zero-order valence-corrected chi connectivity index (χ0v) is 21.4. The smallest absolute Gasteiger partial charge is 0.266 e. The second kappa shape index (κ2) is 9.94. The lowest BCUT2D eigenvalue weighted by molar-refractivity contribution is -0.133. The highest BCUT2D eigenvalue weighted by atomic mass is 19.3. The maximum absolute atomic E-state index is 14.9. The van der Waals surface area contributed by atoms with E-state index < -0.39 is 29.4 Å². The molecule has 0 aliphatic carbocycles. The van der Waals surface area contributed by atoms with E-state index in [1.807, 2.05) is 0 Å². The van der Waals surface area contributed by atoms with Crippen LogP contribution in [0.4, 0.5) is 19.0 Å². The van der Waals surface area contributed by atoms with Crippen LogP contribution in [0.3, 0.4) is 0 Å². The zero-order chi connectivity index (χ0) is 27.2. The van der Waals surface area contributed by atoms with Gasteiger partial charge in [-0.25, -0.2) is 23.1 Å². The van der Waals surface area contributed by atoms with Gasteiger partial charge >= 0.3 is 0 Å². The molecular weight excluding hydrogens is 501 g/mol. The van der Waals surface area contributed by atoms with E-state index in [9.17, 15) is 23.1 Å². The topological polar surface area (TPSA) is 96.8 Å². The van der Waals surface area contributed by atoms with Crippen molar-refractivity contribution in [2.24, 2.45) is 0 Å². The van der Waals surface area contributed by atoms with E-state index in [0.29, 0.717) is 72.1 Å². The van der Waals surface area contributed by atoms with Gasteiger partial charge in [-0.2, -0.15) is 0 Å². The Morgan fingerprint density at radius 2 is 1.79 bits per heavy atom. The minimum absolute atomic E-state index is 0.0559. The number of ether oxygens (including phenoxy) is 2. The number of hydrogen-bond donors (Lipinski definition) is 2. The summed E-state index contributed by atoms with van der Waals surface area (Å²) < 4.78 is 53.4. The maximum Gasteiger partial charge on any atom is 0.266 e. The number of amides is 1. The van der Waals surface area contributed by atoms with Crippen molar-refractivity contribution in [3.8, 4) is 11.5 Å². The van der Waals surface area contributed by atoms with Gasteiger partial charge in [-0.1, -0.05) is 18.2 Å². The Kier molecular flexibility index (Phi) is 6.81. The van der Waals surface area contributed by atoms with E-state index in [-0.39, 0.29) is 18.1 Å². The molecule has 202 valence electrons. The largest absolute Gasteiger partial charge is 0.486 e. The molecule has 0 saturated carbocycles. The molecule has 3 heterocycles. The summed E-state index contributed by atoms with van der Waals surface area (Å²) in [5, 5.41) is 15.4. The molecule has 1 aromatic heterocycles. The van der Waals surface area contributed by atoms with Crippen molar-refractivity contribution >= 4 is 22.6 Å². The van der Waals surface area contributed by atoms with Crippen LogP contribution >= 0.6 is 0 Å². The molecule has 1 saturated heterocycles. The van der Waals surface area contributed by atoms with E-state index in [2.05, 4.69) is 15.3 Å². The van der Waals surface area contributed by atoms with Gasteiger partial charge in [-0.05, 0) is 32.8 Å². The fraction of sp³-hybridized carbons (Fsp3) is 0.444. The van der Waals surface area contributed by atoms with Gasteiger partial charge < -0.3 is 24.8 Å². The van der Waals surface area contributed by atoms with Gasteiger partial charge in [-0.3, -0.25) is 4.79 Å². The molecule has 5 rings (SSSR count). The first-order chi connectivity index (χ1) is 18.1. The van der Waals surface area contributed by atoms with Crippen LogP contribution in [-0.4, -0.2) is 52.2 Å². The van der Waals surface area contributed by atoms with E-state index in [1.165, 1.54) is 19.1 Å². The summed E-state index contributed by atoms with van der Waals surface area (Å²) in [5.41, 5.74) is -0.938. The number of rotatable bonds is 5. The van der Waals surface area contributed by atoms with Gasteiger partial charge in [-0.15, -0.1) is 0 Å². The van der Waals surface area contributed by atoms with E-state index in [0.717, 1.165) is 6.07 Å². The van der Waals surface area contributed by atoms with Crippen LogP contribution in [0.15, 0.2) is 24.3 Å². The number of piperidine rings is 1. The number of halogens is 3. The number of carbonyl (C=O) groups excluding carboxylic acids is 1. The van der Waals surface area contributed by atoms with Gasteiger partial charge in [0.2, 0.25) is 5.91 Å². The highest BCUT2D eigenvalue weighted by molar-refractivity contribution is 5.96. The molecule has 1 fully saturated rings. The Balaban J connectivity index is 1.61. The molecule has 0 unspecified atom stereocenters. The Morgan fingerprint density at radius 1 is 1.13 bits per heavy atom. The molecule has 2 aliphatic heterocycles. The summed E-state index contributed by atoms with van der Waals surface area (Å²) in [6, 6.07) is 4.93. The molecular formula is C27H29F3N4O4. The molecule has 0 radical (unpaired) electrons. The van der Waals surface area contributed by atoms with Crippen molar-refractivity contribution < 1.29 is 32.5 Å². The lowest BCUT2D eigenvalue weighted by Crippen LogP contribution is -2.44. The SMILES string of the molecule is CC(=O)N1CCC(O)(c2cc3c(N[C@H](C)c4cccc(C(F)F)c4F)nc(C)nc3c3c2OCCO3)CC1. The summed E-state index contributed by atoms with van der Waals surface area (Å²) in [7, 11) is 0. The van der Waals surface area contributed by atoms with Gasteiger partial charge in [0.25, 0.3) is 6.43 Å². The zero-order valence-electron chi connectivity index (χ0n) is 21.4. The summed E-state index contributed by atoms with van der Waals surface area (Å²) in [6.07, 6.45) is -2.35. The Morgan fingerprint density at radius 3 is 2.45 bits per heavy atom. The van der Waals surface area contributed by atoms with Crippen molar-refractivity contribution in [3.63, 3.8) is 0 Å². The number of aryl methyl sites for hydroxylation is 1. The lowest BCUT2D eigenvalue weighted by Gasteiger charge is -2.39. The number of likely N-dealkylation sites (tertiary alicyclic amines) is 1. The monoisotopic (exact) mass is 530 g/mol. The second-order valence-corrected chi connectivity index (χ2v) is 9.75. The predicted octanol–water partition coefficient (Wildman–Crippen LogP) is 4.79. The summed E-state index contributed by atoms with van der Waals surface area (Å²) in [5.74, 6) is 0.489. The van der Waals surface area contributed by atoms with Crippen LogP contribution in [0.25, 0.3) is 10.9 Å². The number of aromatic nitrogens is 2. The van der Waals surface area contributed by atoms with Crippen LogP contribution in [0.1, 0.15) is 61.7 Å². The maximum atomic E-state index is 14.9. The number of aliphatic hydroxyl groups is 1. The van der Waals surface area contributed by atoms with Crippen LogP contribution in [0.5, 0.6) is 11.5 Å². The summed E-state index contributed by atoms with van der Waals surface area (Å²) in [6.45, 7) is 6.20. The third-order valence-corrected chi connectivity index (χ3v) is 7.24. The number of carbonyl (C=O) groups is 1. The van der Waals surface area contributed by atoms with Crippen molar-refractivity contribution in [1.29, 1.82) is 0 Å². The molecule has 38 heavy (non-hydrogen) atoms. The molecule has 11 heteroatoms. The Hall–Kier alpha value is -3.60. The van der Waals surface area contributed by atoms with E-state index >= 15 is 0 Å². The highest BCUT2D eigenvalue weighted by Gasteiger charge is 2.40. The highest BCUT2D eigenvalue weighted by Crippen LogP contribution is 2.48. The van der Waals surface area contributed by atoms with E-state index in [4.69, 9.17) is 9.47 Å². The number of nitrogens with one attached hydrogen (secondary N) is 1. The third kappa shape index (κ3) is 4.59. The fourth-order valence-electron chi connectivity index (χ4n) is 5.17. The van der Waals surface area contributed by atoms with Crippen LogP contribution < -0.4 is 14.8 Å². The van der Waals surface area contributed by atoms with Crippen LogP contribution in [-0.2, 0) is 10.4 Å². The van der Waals surface area contributed by atoms with Gasteiger partial charge in [0.05, 0.1) is 17.2 Å². The number of fused-ring (bicyclic) bond motifs is 3. The molecule has 8 nitrogen and oxygen atoms in total. The number of alkyl halides is 2. The molecule has 0 spiro atoms. The van der Waals surface area contributed by atoms with Crippen molar-refractivity contribution in [3.05, 3.63) is 52.6 Å². The molecule has 1 atom stereocenters. The first kappa shape index (κ1) is 26.0. The minimum Gasteiger partial charge on any atom is -0.486 e.